The predicted molar refractivity (Wildman–Crippen MR) is 72.2 cm³/mol. The Labute approximate surface area is 112 Å². The molecule has 0 amide bonds. The van der Waals surface area contributed by atoms with E-state index < -0.39 is 12.7 Å². The van der Waals surface area contributed by atoms with E-state index in [1.807, 2.05) is 26.0 Å². The maximum absolute atomic E-state index is 12.5. The second-order valence-corrected chi connectivity index (χ2v) is 4.64. The summed E-state index contributed by atoms with van der Waals surface area (Å²) in [5, 5.41) is 0. The molecular formula is C14H21F3N2. The Morgan fingerprint density at radius 3 is 2.16 bits per heavy atom. The van der Waals surface area contributed by atoms with Crippen LogP contribution in [-0.4, -0.2) is 19.3 Å². The summed E-state index contributed by atoms with van der Waals surface area (Å²) in [4.78, 5) is 1.35. The van der Waals surface area contributed by atoms with Gasteiger partial charge in [-0.2, -0.15) is 13.2 Å². The van der Waals surface area contributed by atoms with Crippen molar-refractivity contribution in [2.45, 2.75) is 38.9 Å². The van der Waals surface area contributed by atoms with E-state index in [1.54, 1.807) is 12.1 Å². The smallest absolute Gasteiger partial charge is 0.363 e. The highest BCUT2D eigenvalue weighted by atomic mass is 19.4. The summed E-state index contributed by atoms with van der Waals surface area (Å²) in [6.07, 6.45) is -2.71. The average molecular weight is 274 g/mol. The largest absolute Gasteiger partial charge is 0.405 e. The highest BCUT2D eigenvalue weighted by Crippen LogP contribution is 2.24. The van der Waals surface area contributed by atoms with Gasteiger partial charge in [-0.15, -0.1) is 0 Å². The van der Waals surface area contributed by atoms with E-state index in [1.165, 1.54) is 4.90 Å². The van der Waals surface area contributed by atoms with E-state index in [4.69, 9.17) is 5.73 Å². The fraction of sp³-hybridized carbons (Fsp3) is 0.571. The Balaban J connectivity index is 2.85. The van der Waals surface area contributed by atoms with Crippen LogP contribution in [0.4, 0.5) is 18.9 Å². The van der Waals surface area contributed by atoms with Crippen molar-refractivity contribution < 1.29 is 13.2 Å². The Hall–Kier alpha value is -1.23. The van der Waals surface area contributed by atoms with E-state index in [-0.39, 0.29) is 6.04 Å². The summed E-state index contributed by atoms with van der Waals surface area (Å²) < 4.78 is 37.5. The molecule has 0 aliphatic rings. The number of benzene rings is 1. The summed E-state index contributed by atoms with van der Waals surface area (Å²) in [6.45, 7) is 3.31. The third kappa shape index (κ3) is 5.11. The van der Waals surface area contributed by atoms with Gasteiger partial charge in [0.25, 0.3) is 0 Å². The van der Waals surface area contributed by atoms with Crippen LogP contribution in [0.5, 0.6) is 0 Å². The van der Waals surface area contributed by atoms with E-state index in [0.29, 0.717) is 18.7 Å². The first-order valence-corrected chi connectivity index (χ1v) is 6.54. The molecule has 2 nitrogen and oxygen atoms in total. The number of hydrogen-bond acceptors (Lipinski definition) is 2. The lowest BCUT2D eigenvalue weighted by atomic mass is 10.1. The molecule has 0 aromatic heterocycles. The third-order valence-electron chi connectivity index (χ3n) is 2.99. The van der Waals surface area contributed by atoms with Gasteiger partial charge < -0.3 is 10.6 Å². The molecule has 0 bridgehead atoms. The second-order valence-electron chi connectivity index (χ2n) is 4.64. The van der Waals surface area contributed by atoms with Gasteiger partial charge in [0.15, 0.2) is 0 Å². The molecule has 0 saturated carbocycles. The maximum atomic E-state index is 12.5. The Kier molecular flexibility index (Phi) is 5.66. The molecule has 0 fully saturated rings. The normalized spacial score (nSPS) is 13.4. The number of rotatable bonds is 6. The van der Waals surface area contributed by atoms with Gasteiger partial charge in [0.1, 0.15) is 6.54 Å². The second kappa shape index (κ2) is 6.80. The maximum Gasteiger partial charge on any atom is 0.405 e. The summed E-state index contributed by atoms with van der Waals surface area (Å²) in [5.41, 5.74) is 7.43. The lowest BCUT2D eigenvalue weighted by Crippen LogP contribution is -2.34. The van der Waals surface area contributed by atoms with E-state index in [2.05, 4.69) is 0 Å². The van der Waals surface area contributed by atoms with Crippen LogP contribution >= 0.6 is 0 Å². The molecule has 0 aliphatic carbocycles. The summed E-state index contributed by atoms with van der Waals surface area (Å²) >= 11 is 0. The fourth-order valence-corrected chi connectivity index (χ4v) is 1.95. The molecule has 1 aromatic rings. The minimum atomic E-state index is -4.19. The lowest BCUT2D eigenvalue weighted by Gasteiger charge is -2.26. The van der Waals surface area contributed by atoms with Crippen LogP contribution in [0.15, 0.2) is 24.3 Å². The minimum Gasteiger partial charge on any atom is -0.363 e. The molecule has 2 N–H and O–H groups in total. The van der Waals surface area contributed by atoms with Gasteiger partial charge in [-0.3, -0.25) is 0 Å². The van der Waals surface area contributed by atoms with Gasteiger partial charge in [0.05, 0.1) is 0 Å². The van der Waals surface area contributed by atoms with Crippen molar-refractivity contribution in [3.05, 3.63) is 29.8 Å². The monoisotopic (exact) mass is 274 g/mol. The van der Waals surface area contributed by atoms with Crippen molar-refractivity contribution in [3.63, 3.8) is 0 Å². The summed E-state index contributed by atoms with van der Waals surface area (Å²) in [6, 6.07) is 6.99. The molecule has 5 heteroatoms. The molecule has 1 atom stereocenters. The van der Waals surface area contributed by atoms with Gasteiger partial charge in [0.2, 0.25) is 0 Å². The Morgan fingerprint density at radius 1 is 1.16 bits per heavy atom. The lowest BCUT2D eigenvalue weighted by molar-refractivity contribution is -0.119. The number of nitrogens with zero attached hydrogens (tertiary/aromatic N) is 1. The minimum absolute atomic E-state index is 0.0590. The van der Waals surface area contributed by atoms with Crippen LogP contribution in [0.25, 0.3) is 0 Å². The zero-order chi connectivity index (χ0) is 14.5. The molecule has 0 spiro atoms. The highest BCUT2D eigenvalue weighted by Gasteiger charge is 2.30. The summed E-state index contributed by atoms with van der Waals surface area (Å²) in [5.74, 6) is 0. The van der Waals surface area contributed by atoms with Crippen molar-refractivity contribution in [1.29, 1.82) is 0 Å². The summed E-state index contributed by atoms with van der Waals surface area (Å²) in [7, 11) is 0. The molecule has 1 aromatic carbocycles. The number of anilines is 1. The van der Waals surface area contributed by atoms with Crippen LogP contribution < -0.4 is 10.6 Å². The van der Waals surface area contributed by atoms with Gasteiger partial charge in [0, 0.05) is 18.3 Å². The van der Waals surface area contributed by atoms with Crippen molar-refractivity contribution in [2.75, 3.05) is 18.0 Å². The number of hydrogen-bond donors (Lipinski definition) is 1. The van der Waals surface area contributed by atoms with Crippen molar-refractivity contribution in [3.8, 4) is 0 Å². The molecule has 0 heterocycles. The van der Waals surface area contributed by atoms with Crippen molar-refractivity contribution in [1.82, 2.24) is 0 Å². The first kappa shape index (κ1) is 15.8. The first-order chi connectivity index (χ1) is 8.87. The molecule has 108 valence electrons. The number of alkyl halides is 3. The van der Waals surface area contributed by atoms with Crippen molar-refractivity contribution in [2.24, 2.45) is 5.73 Å². The van der Waals surface area contributed by atoms with Crippen LogP contribution in [0, 0.1) is 0 Å². The van der Waals surface area contributed by atoms with Crippen molar-refractivity contribution >= 4 is 5.69 Å². The number of halogens is 3. The van der Waals surface area contributed by atoms with Gasteiger partial charge in [-0.25, -0.2) is 0 Å². The average Bonchev–Trinajstić information content (AvgIpc) is 2.36. The Bertz CT molecular complexity index is 373. The molecule has 0 aliphatic heterocycles. The quantitative estimate of drug-likeness (QED) is 0.853. The van der Waals surface area contributed by atoms with Crippen LogP contribution in [-0.2, 0) is 0 Å². The van der Waals surface area contributed by atoms with Crippen LogP contribution in [0.3, 0.4) is 0 Å². The van der Waals surface area contributed by atoms with Crippen LogP contribution in [0.2, 0.25) is 0 Å². The van der Waals surface area contributed by atoms with Gasteiger partial charge in [-0.05, 0) is 30.5 Å². The molecule has 0 saturated heterocycles. The SMILES string of the molecule is CCCN(CC(F)(F)F)c1ccc([C@@H](N)CC)cc1. The first-order valence-electron chi connectivity index (χ1n) is 6.54. The molecular weight excluding hydrogens is 253 g/mol. The zero-order valence-corrected chi connectivity index (χ0v) is 11.4. The third-order valence-corrected chi connectivity index (χ3v) is 2.99. The predicted octanol–water partition coefficient (Wildman–Crippen LogP) is 3.88. The van der Waals surface area contributed by atoms with E-state index >= 15 is 0 Å². The highest BCUT2D eigenvalue weighted by molar-refractivity contribution is 5.48. The molecule has 0 unspecified atom stereocenters. The molecule has 19 heavy (non-hydrogen) atoms. The van der Waals surface area contributed by atoms with E-state index in [9.17, 15) is 13.2 Å². The Morgan fingerprint density at radius 2 is 1.74 bits per heavy atom. The molecule has 0 radical (unpaired) electrons. The fourth-order valence-electron chi connectivity index (χ4n) is 1.95. The van der Waals surface area contributed by atoms with Crippen LogP contribution in [0.1, 0.15) is 38.3 Å². The standard InChI is InChI=1S/C14H21F3N2/c1-3-9-19(10-14(15,16)17)12-7-5-11(6-8-12)13(18)4-2/h5-8,13H,3-4,9-10,18H2,1-2H3/t13-/m0/s1. The zero-order valence-electron chi connectivity index (χ0n) is 11.4. The molecule has 1 rings (SSSR count). The number of nitrogens with two attached hydrogens (primary N) is 1. The topological polar surface area (TPSA) is 29.3 Å². The van der Waals surface area contributed by atoms with Gasteiger partial charge in [-0.1, -0.05) is 26.0 Å². The van der Waals surface area contributed by atoms with Gasteiger partial charge >= 0.3 is 6.18 Å². The van der Waals surface area contributed by atoms with E-state index in [0.717, 1.165) is 12.0 Å².